The number of nitrogens with two attached hydrogens (primary N) is 1. The zero-order chi connectivity index (χ0) is 14.0. The molecule has 0 amide bonds. The Morgan fingerprint density at radius 2 is 2.05 bits per heavy atom. The number of aliphatic hydroxyl groups is 1. The molecule has 1 aromatic rings. The van der Waals surface area contributed by atoms with Crippen LogP contribution in [0.2, 0.25) is 0 Å². The molecular formula is C12H18F2N4O. The molecule has 1 aliphatic carbocycles. The van der Waals surface area contributed by atoms with Crippen molar-refractivity contribution in [1.29, 1.82) is 0 Å². The standard InChI is InChI=1S/C12H18F2N4O/c1-18(7-12(19)4-2-3-5-12)11-9(14)6-8(13)10(16-11)17-15/h6,19H,2-5,7,15H2,1H3,(H,16,17). The maximum atomic E-state index is 13.7. The van der Waals surface area contributed by atoms with Crippen LogP contribution in [0.4, 0.5) is 20.4 Å². The zero-order valence-corrected chi connectivity index (χ0v) is 10.8. The number of nitrogen functional groups attached to an aromatic ring is 1. The second-order valence-electron chi connectivity index (χ2n) is 5.06. The lowest BCUT2D eigenvalue weighted by Gasteiger charge is -2.29. The van der Waals surface area contributed by atoms with E-state index in [1.54, 1.807) is 7.05 Å². The number of rotatable bonds is 4. The van der Waals surface area contributed by atoms with Gasteiger partial charge in [0, 0.05) is 19.7 Å². The largest absolute Gasteiger partial charge is 0.388 e. The summed E-state index contributed by atoms with van der Waals surface area (Å²) in [6.45, 7) is 0.257. The number of likely N-dealkylation sites (N-methyl/N-ethyl adjacent to an activating group) is 1. The van der Waals surface area contributed by atoms with Crippen LogP contribution in [0.1, 0.15) is 25.7 Å². The van der Waals surface area contributed by atoms with Crippen molar-refractivity contribution in [3.05, 3.63) is 17.7 Å². The van der Waals surface area contributed by atoms with Crippen molar-refractivity contribution >= 4 is 11.6 Å². The SMILES string of the molecule is CN(CC1(O)CCCC1)c1nc(NN)c(F)cc1F. The van der Waals surface area contributed by atoms with Crippen LogP contribution < -0.4 is 16.2 Å². The average Bonchev–Trinajstić information content (AvgIpc) is 2.75. The first-order valence-corrected chi connectivity index (χ1v) is 6.21. The quantitative estimate of drug-likeness (QED) is 0.570. The lowest BCUT2D eigenvalue weighted by molar-refractivity contribution is 0.0557. The van der Waals surface area contributed by atoms with Crippen LogP contribution in [0.25, 0.3) is 0 Å². The Hall–Kier alpha value is -1.47. The van der Waals surface area contributed by atoms with Gasteiger partial charge in [0.25, 0.3) is 0 Å². The third-order valence-corrected chi connectivity index (χ3v) is 3.48. The second-order valence-corrected chi connectivity index (χ2v) is 5.06. The average molecular weight is 272 g/mol. The molecule has 0 saturated heterocycles. The van der Waals surface area contributed by atoms with Crippen LogP contribution in [0.15, 0.2) is 6.07 Å². The van der Waals surface area contributed by atoms with E-state index in [0.717, 1.165) is 18.9 Å². The lowest BCUT2D eigenvalue weighted by Crippen LogP contribution is -2.40. The third kappa shape index (κ3) is 2.93. The summed E-state index contributed by atoms with van der Waals surface area (Å²) in [5.74, 6) is 3.24. The molecule has 1 fully saturated rings. The molecule has 0 aliphatic heterocycles. The minimum atomic E-state index is -0.850. The topological polar surface area (TPSA) is 74.4 Å². The van der Waals surface area contributed by atoms with Gasteiger partial charge in [0.1, 0.15) is 0 Å². The van der Waals surface area contributed by atoms with E-state index >= 15 is 0 Å². The van der Waals surface area contributed by atoms with Crippen molar-refractivity contribution < 1.29 is 13.9 Å². The molecule has 0 atom stereocenters. The molecule has 19 heavy (non-hydrogen) atoms. The second kappa shape index (κ2) is 5.26. The predicted molar refractivity (Wildman–Crippen MR) is 68.7 cm³/mol. The maximum Gasteiger partial charge on any atom is 0.178 e. The van der Waals surface area contributed by atoms with Crippen LogP contribution in [-0.4, -0.2) is 29.3 Å². The van der Waals surface area contributed by atoms with Crippen LogP contribution in [0, 0.1) is 11.6 Å². The highest BCUT2D eigenvalue weighted by atomic mass is 19.1. The highest BCUT2D eigenvalue weighted by Crippen LogP contribution is 2.31. The van der Waals surface area contributed by atoms with Crippen molar-refractivity contribution in [2.24, 2.45) is 5.84 Å². The molecule has 5 nitrogen and oxygen atoms in total. The summed E-state index contributed by atoms with van der Waals surface area (Å²) in [5, 5.41) is 10.3. The number of halogens is 2. The molecule has 1 aliphatic rings. The molecule has 1 saturated carbocycles. The van der Waals surface area contributed by atoms with E-state index in [1.165, 1.54) is 4.90 Å². The normalized spacial score (nSPS) is 17.5. The monoisotopic (exact) mass is 272 g/mol. The smallest absolute Gasteiger partial charge is 0.178 e. The Kier molecular flexibility index (Phi) is 3.86. The molecule has 4 N–H and O–H groups in total. The number of hydrogen-bond acceptors (Lipinski definition) is 5. The number of aromatic nitrogens is 1. The highest BCUT2D eigenvalue weighted by Gasteiger charge is 2.33. The zero-order valence-electron chi connectivity index (χ0n) is 10.8. The molecule has 0 radical (unpaired) electrons. The van der Waals surface area contributed by atoms with Crippen LogP contribution in [0.5, 0.6) is 0 Å². The van der Waals surface area contributed by atoms with Gasteiger partial charge >= 0.3 is 0 Å². The molecule has 0 aromatic carbocycles. The van der Waals surface area contributed by atoms with Crippen LogP contribution in [-0.2, 0) is 0 Å². The van der Waals surface area contributed by atoms with Gasteiger partial charge in [-0.15, -0.1) is 0 Å². The number of hydrogen-bond donors (Lipinski definition) is 3. The molecule has 106 valence electrons. The van der Waals surface area contributed by atoms with Crippen molar-refractivity contribution in [2.75, 3.05) is 23.9 Å². The van der Waals surface area contributed by atoms with Gasteiger partial charge < -0.3 is 15.4 Å². The van der Waals surface area contributed by atoms with Gasteiger partial charge in [-0.2, -0.15) is 0 Å². The molecule has 2 rings (SSSR count). The van der Waals surface area contributed by atoms with Crippen molar-refractivity contribution in [3.8, 4) is 0 Å². The van der Waals surface area contributed by atoms with E-state index in [9.17, 15) is 13.9 Å². The predicted octanol–water partition coefficient (Wildman–Crippen LogP) is 1.39. The number of nitrogens with zero attached hydrogens (tertiary/aromatic N) is 2. The fourth-order valence-corrected chi connectivity index (χ4v) is 2.53. The van der Waals surface area contributed by atoms with Gasteiger partial charge in [0.15, 0.2) is 23.3 Å². The third-order valence-electron chi connectivity index (χ3n) is 3.48. The Morgan fingerprint density at radius 3 is 2.63 bits per heavy atom. The number of anilines is 2. The summed E-state index contributed by atoms with van der Waals surface area (Å²) < 4.78 is 27.0. The summed E-state index contributed by atoms with van der Waals surface area (Å²) in [6, 6.07) is 0.729. The van der Waals surface area contributed by atoms with Crippen LogP contribution >= 0.6 is 0 Å². The van der Waals surface area contributed by atoms with E-state index in [2.05, 4.69) is 10.4 Å². The van der Waals surface area contributed by atoms with E-state index < -0.39 is 17.2 Å². The first-order valence-electron chi connectivity index (χ1n) is 6.21. The van der Waals surface area contributed by atoms with Gasteiger partial charge in [-0.05, 0) is 12.8 Å². The van der Waals surface area contributed by atoms with Crippen molar-refractivity contribution in [1.82, 2.24) is 4.98 Å². The molecular weight excluding hydrogens is 254 g/mol. The summed E-state index contributed by atoms with van der Waals surface area (Å²) in [5.41, 5.74) is 1.25. The van der Waals surface area contributed by atoms with Gasteiger partial charge in [-0.25, -0.2) is 19.6 Å². The van der Waals surface area contributed by atoms with E-state index in [0.29, 0.717) is 12.8 Å². The Morgan fingerprint density at radius 1 is 1.42 bits per heavy atom. The number of nitrogens with one attached hydrogen (secondary N) is 1. The fraction of sp³-hybridized carbons (Fsp3) is 0.583. The minimum absolute atomic E-state index is 0.0327. The molecule has 0 spiro atoms. The highest BCUT2D eigenvalue weighted by molar-refractivity contribution is 5.48. The van der Waals surface area contributed by atoms with Crippen molar-refractivity contribution in [2.45, 2.75) is 31.3 Å². The summed E-state index contributed by atoms with van der Waals surface area (Å²) in [6.07, 6.45) is 3.28. The molecule has 0 unspecified atom stereocenters. The van der Waals surface area contributed by atoms with Gasteiger partial charge in [0.2, 0.25) is 0 Å². The van der Waals surface area contributed by atoms with E-state index in [-0.39, 0.29) is 18.2 Å². The Bertz CT molecular complexity index is 463. The molecule has 1 heterocycles. The summed E-state index contributed by atoms with van der Waals surface area (Å²) >= 11 is 0. The first kappa shape index (κ1) is 14.0. The lowest BCUT2D eigenvalue weighted by atomic mass is 10.0. The maximum absolute atomic E-state index is 13.7. The molecule has 7 heteroatoms. The molecule has 1 aromatic heterocycles. The van der Waals surface area contributed by atoms with Gasteiger partial charge in [-0.1, -0.05) is 12.8 Å². The minimum Gasteiger partial charge on any atom is -0.388 e. The van der Waals surface area contributed by atoms with Crippen molar-refractivity contribution in [3.63, 3.8) is 0 Å². The van der Waals surface area contributed by atoms with Gasteiger partial charge in [0.05, 0.1) is 5.60 Å². The Labute approximate surface area is 110 Å². The number of pyridine rings is 1. The Balaban J connectivity index is 2.20. The van der Waals surface area contributed by atoms with E-state index in [4.69, 9.17) is 5.84 Å². The van der Waals surface area contributed by atoms with E-state index in [1.807, 2.05) is 0 Å². The first-order chi connectivity index (χ1) is 8.95. The molecule has 0 bridgehead atoms. The number of hydrazine groups is 1. The summed E-state index contributed by atoms with van der Waals surface area (Å²) in [7, 11) is 1.61. The summed E-state index contributed by atoms with van der Waals surface area (Å²) in [4.78, 5) is 5.28. The van der Waals surface area contributed by atoms with Gasteiger partial charge in [-0.3, -0.25) is 0 Å². The fourth-order valence-electron chi connectivity index (χ4n) is 2.53. The van der Waals surface area contributed by atoms with Crippen LogP contribution in [0.3, 0.4) is 0 Å².